The Morgan fingerprint density at radius 3 is 2.62 bits per heavy atom. The molecule has 2 aliphatic rings. The van der Waals surface area contributed by atoms with E-state index in [-0.39, 0.29) is 21.6 Å². The monoisotopic (exact) mass is 763 g/mol. The average molecular weight is 764 g/mol. The Kier molecular flexibility index (Phi) is 14.2. The van der Waals surface area contributed by atoms with Crippen molar-refractivity contribution in [3.63, 3.8) is 0 Å². The number of pyridine rings is 2. The summed E-state index contributed by atoms with van der Waals surface area (Å²) in [5, 5.41) is 15.6. The molecule has 13 nitrogen and oxygen atoms in total. The van der Waals surface area contributed by atoms with Gasteiger partial charge in [0.15, 0.2) is 22.5 Å². The van der Waals surface area contributed by atoms with E-state index in [1.165, 1.54) is 31.5 Å². The Morgan fingerprint density at radius 2 is 2.00 bits per heavy atom. The highest BCUT2D eigenvalue weighted by Crippen LogP contribution is 2.41. The average Bonchev–Trinajstić information content (AvgIpc) is 3.61. The number of carbonyl (C=O) groups is 2. The Morgan fingerprint density at radius 1 is 1.26 bits per heavy atom. The van der Waals surface area contributed by atoms with Gasteiger partial charge >= 0.3 is 0 Å². The number of nitrogens with one attached hydrogen (secondary N) is 2. The van der Waals surface area contributed by atoms with Crippen LogP contribution in [-0.4, -0.2) is 98.7 Å². The molecule has 5 rings (SSSR count). The predicted molar refractivity (Wildman–Crippen MR) is 208 cm³/mol. The highest BCUT2D eigenvalue weighted by Gasteiger charge is 2.41. The quantitative estimate of drug-likeness (QED) is 0.118. The first-order valence-corrected chi connectivity index (χ1v) is 17.7. The number of nitrogens with zero attached hydrogens (tertiary/aromatic N) is 7. The molecule has 0 saturated carbocycles. The van der Waals surface area contributed by atoms with Gasteiger partial charge in [-0.25, -0.2) is 19.3 Å². The zero-order valence-electron chi connectivity index (χ0n) is 30.4. The number of hydrogen-bond donors (Lipinski definition) is 2. The highest BCUT2D eigenvalue weighted by atomic mass is 35.5. The molecule has 5 heterocycles. The molecule has 16 heteroatoms. The molecule has 0 spiro atoms. The Labute approximate surface area is 318 Å². The molecule has 280 valence electrons. The van der Waals surface area contributed by atoms with Crippen molar-refractivity contribution in [2.24, 2.45) is 5.41 Å². The molecule has 1 atom stereocenters. The van der Waals surface area contributed by atoms with Crippen molar-refractivity contribution in [3.05, 3.63) is 83.4 Å². The molecule has 1 amide bonds. The summed E-state index contributed by atoms with van der Waals surface area (Å²) in [6.45, 7) is 14.5. The number of allylic oxidation sites excluding steroid dienone is 5. The minimum Gasteiger partial charge on any atom is -0.493 e. The van der Waals surface area contributed by atoms with Gasteiger partial charge in [-0.05, 0) is 51.2 Å². The van der Waals surface area contributed by atoms with Gasteiger partial charge in [0.1, 0.15) is 17.0 Å². The third-order valence-corrected chi connectivity index (χ3v) is 9.44. The van der Waals surface area contributed by atoms with Crippen LogP contribution in [0, 0.1) is 16.7 Å². The maximum Gasteiger partial charge on any atom is 0.267 e. The fourth-order valence-electron chi connectivity index (χ4n) is 5.76. The summed E-state index contributed by atoms with van der Waals surface area (Å²) in [7, 11) is 5.35. The first-order valence-electron chi connectivity index (χ1n) is 16.5. The van der Waals surface area contributed by atoms with Gasteiger partial charge in [0, 0.05) is 51.6 Å². The summed E-state index contributed by atoms with van der Waals surface area (Å²) in [6.07, 6.45) is 7.67. The number of methoxy groups -OCH3 is 2. The van der Waals surface area contributed by atoms with Crippen LogP contribution in [0.3, 0.4) is 0 Å². The molecular weight excluding hydrogens is 721 g/mol. The summed E-state index contributed by atoms with van der Waals surface area (Å²) in [4.78, 5) is 43.1. The predicted octanol–water partition coefficient (Wildman–Crippen LogP) is 6.08. The number of carbonyl (C=O) groups excluding carboxylic acids is 2. The lowest BCUT2D eigenvalue weighted by Crippen LogP contribution is -2.57. The lowest BCUT2D eigenvalue weighted by atomic mass is 9.83. The number of hydrogen-bond acceptors (Lipinski definition) is 13. The van der Waals surface area contributed by atoms with Crippen LogP contribution in [0.25, 0.3) is 11.3 Å². The number of aromatic nitrogens is 3. The summed E-state index contributed by atoms with van der Waals surface area (Å²) in [5.74, 6) is 0.364. The summed E-state index contributed by atoms with van der Waals surface area (Å²) < 4.78 is 25.6. The van der Waals surface area contributed by atoms with Crippen molar-refractivity contribution in [3.8, 4) is 23.1 Å². The maximum atomic E-state index is 14.4. The van der Waals surface area contributed by atoms with Gasteiger partial charge in [-0.1, -0.05) is 42.2 Å². The first kappa shape index (κ1) is 40.6. The zero-order valence-corrected chi connectivity index (χ0v) is 31.9. The number of halogens is 2. The van der Waals surface area contributed by atoms with Gasteiger partial charge < -0.3 is 34.8 Å². The number of amides is 1. The SMILES string of the molecule is C=C(Cl)/C(NC(=O)c1cnc(Nc2nc(-c3cnc(N4CCN(C)CC4COC)c(N4CC(C)(C#N)C4)c3)ccc2OC)s1)=C(F)\C=C/C.C=CC=O. The molecule has 2 saturated heterocycles. The van der Waals surface area contributed by atoms with E-state index < -0.39 is 17.1 Å². The summed E-state index contributed by atoms with van der Waals surface area (Å²) in [6, 6.07) is 8.25. The molecule has 53 heavy (non-hydrogen) atoms. The number of aldehydes is 1. The standard InChI is InChI=1S/C34H39ClFN9O3S.C3H4O/c1-7-8-24(36)29(21(2)35)41-32(46)28-15-39-33(49-28)42-30-27(48-6)10-9-25(40-30)22-13-26(44-19-34(3,18-37)20-44)31(38-14-22)45-12-11-43(4)16-23(45)17-47-5;1-2-3-4/h7-10,13-15,23H,2,11-12,16-17,19-20H2,1,3-6H3,(H,41,46)(H,39,40,42);2-3H,1H2/b8-7-,29-24-;. The maximum absolute atomic E-state index is 14.4. The minimum atomic E-state index is -0.721. The highest BCUT2D eigenvalue weighted by molar-refractivity contribution is 7.17. The topological polar surface area (TPSA) is 149 Å². The number of anilines is 4. The third kappa shape index (κ3) is 10.1. The second-order valence-corrected chi connectivity index (χ2v) is 14.0. The second-order valence-electron chi connectivity index (χ2n) is 12.5. The van der Waals surface area contributed by atoms with Gasteiger partial charge in [0.2, 0.25) is 0 Å². The van der Waals surface area contributed by atoms with E-state index in [0.717, 1.165) is 48.0 Å². The van der Waals surface area contributed by atoms with Crippen LogP contribution in [0.4, 0.5) is 26.8 Å². The van der Waals surface area contributed by atoms with Crippen LogP contribution >= 0.6 is 22.9 Å². The normalized spacial score (nSPS) is 17.1. The fourth-order valence-corrected chi connectivity index (χ4v) is 6.61. The number of likely N-dealkylation sites (N-methyl/N-ethyl adjacent to an activating group) is 1. The van der Waals surface area contributed by atoms with E-state index in [9.17, 15) is 14.4 Å². The molecule has 0 aromatic carbocycles. The van der Waals surface area contributed by atoms with Crippen molar-refractivity contribution in [2.45, 2.75) is 19.9 Å². The van der Waals surface area contributed by atoms with Crippen molar-refractivity contribution in [1.82, 2.24) is 25.2 Å². The first-order chi connectivity index (χ1) is 25.4. The third-order valence-electron chi connectivity index (χ3n) is 8.34. The van der Waals surface area contributed by atoms with Crippen molar-refractivity contribution >= 4 is 57.6 Å². The van der Waals surface area contributed by atoms with E-state index >= 15 is 0 Å². The number of rotatable bonds is 13. The Bertz CT molecular complexity index is 1920. The molecule has 2 aliphatic heterocycles. The van der Waals surface area contributed by atoms with E-state index in [2.05, 4.69) is 62.7 Å². The van der Waals surface area contributed by atoms with Crippen LogP contribution in [-0.2, 0) is 9.53 Å². The summed E-state index contributed by atoms with van der Waals surface area (Å²) >= 11 is 6.98. The van der Waals surface area contributed by atoms with Crippen LogP contribution in [0.2, 0.25) is 0 Å². The fraction of sp³-hybridized carbons (Fsp3) is 0.351. The lowest BCUT2D eigenvalue weighted by Gasteiger charge is -2.47. The van der Waals surface area contributed by atoms with Crippen LogP contribution < -0.4 is 25.2 Å². The number of piperazine rings is 1. The second kappa shape index (κ2) is 18.6. The van der Waals surface area contributed by atoms with Gasteiger partial charge in [0.25, 0.3) is 5.91 Å². The van der Waals surface area contributed by atoms with Crippen LogP contribution in [0.5, 0.6) is 5.75 Å². The van der Waals surface area contributed by atoms with Gasteiger partial charge in [-0.2, -0.15) is 5.26 Å². The van der Waals surface area contributed by atoms with Gasteiger partial charge in [-0.15, -0.1) is 0 Å². The number of nitriles is 1. The largest absolute Gasteiger partial charge is 0.493 e. The Balaban J connectivity index is 0.00000149. The van der Waals surface area contributed by atoms with E-state index in [4.69, 9.17) is 35.8 Å². The van der Waals surface area contributed by atoms with E-state index in [0.29, 0.717) is 48.4 Å². The molecule has 0 bridgehead atoms. The van der Waals surface area contributed by atoms with Crippen LogP contribution in [0.1, 0.15) is 23.5 Å². The molecule has 2 fully saturated rings. The molecule has 0 aliphatic carbocycles. The van der Waals surface area contributed by atoms with E-state index in [1.807, 2.05) is 13.0 Å². The van der Waals surface area contributed by atoms with Crippen molar-refractivity contribution in [2.75, 3.05) is 75.7 Å². The smallest absolute Gasteiger partial charge is 0.267 e. The van der Waals surface area contributed by atoms with Gasteiger partial charge in [-0.3, -0.25) is 9.59 Å². The lowest BCUT2D eigenvalue weighted by molar-refractivity contribution is -0.104. The van der Waals surface area contributed by atoms with Crippen molar-refractivity contribution in [1.29, 1.82) is 5.26 Å². The molecule has 2 N–H and O–H groups in total. The number of thiazole rings is 1. The van der Waals surface area contributed by atoms with Gasteiger partial charge in [0.05, 0.1) is 59.6 Å². The molecule has 0 radical (unpaired) electrons. The molecule has 3 aromatic heterocycles. The molecule has 3 aromatic rings. The summed E-state index contributed by atoms with van der Waals surface area (Å²) in [5.41, 5.74) is 1.67. The van der Waals surface area contributed by atoms with E-state index in [1.54, 1.807) is 26.3 Å². The Hall–Kier alpha value is -5.14. The van der Waals surface area contributed by atoms with Crippen LogP contribution in [0.15, 0.2) is 78.5 Å². The van der Waals surface area contributed by atoms with Crippen molar-refractivity contribution < 1.29 is 23.5 Å². The molecular formula is C37H43ClFN9O4S. The number of ether oxygens (including phenoxy) is 2. The minimum absolute atomic E-state index is 0.119. The molecule has 1 unspecified atom stereocenters. The zero-order chi connectivity index (χ0) is 38.7.